The van der Waals surface area contributed by atoms with E-state index >= 15 is 0 Å². The Hall–Kier alpha value is -3.26. The topological polar surface area (TPSA) is 126 Å². The maximum absolute atomic E-state index is 14.2. The maximum Gasteiger partial charge on any atom is 0.253 e. The van der Waals surface area contributed by atoms with Gasteiger partial charge in [-0.2, -0.15) is 23.5 Å². The quantitative estimate of drug-likeness (QED) is 0.144. The van der Waals surface area contributed by atoms with Gasteiger partial charge < -0.3 is 28.8 Å². The van der Waals surface area contributed by atoms with Crippen LogP contribution < -0.4 is 23.7 Å². The molecule has 4 aliphatic heterocycles. The molecule has 2 spiro atoms. The molecule has 2 atom stereocenters. The zero-order valence-corrected chi connectivity index (χ0v) is 34.8. The molecule has 2 fully saturated rings. The lowest BCUT2D eigenvalue weighted by Crippen LogP contribution is -2.44. The largest absolute Gasteiger partial charge is 0.504 e. The normalized spacial score (nSPS) is 20.4. The molecule has 1 N–H and O–H groups in total. The molecule has 2 aromatic carbocycles. The number of carbonyl (C=O) groups is 2. The number of ketones is 2. The number of carbonyl (C=O) groups excluding carboxylic acids is 2. The lowest BCUT2D eigenvalue weighted by atomic mass is 9.93. The molecule has 8 rings (SSSR count). The van der Waals surface area contributed by atoms with Crippen LogP contribution >= 0.6 is 69.9 Å². The standard InChI is InChI=1S/C40H36Cl4N2O8S2/c1-50-33-6-5-23(30(47)14-24-26(41)17-45-18-27(24)42)35-37(33)53-40(51-35)9-12-56-22(16-40)4-2-3-21-13-32(49)36-38(54-39(52-36)7-10-55-11-8-39)34(21)31(48)15-25-28(43)19-46-20-29(25)44/h5-6,13,17-20,22,49H,2-4,7-12,14-16H2,1H3. The SMILES string of the molecule is COc1ccc(C(=O)Cc2c(Cl)cncc2Cl)c2c1OC1(CCSC(CCCc3cc(O)c4c(c3C(=O)Cc3c(Cl)cncc3Cl)OC3(CCSCC3)O4)C1)O2. The molecule has 16 heteroatoms. The summed E-state index contributed by atoms with van der Waals surface area (Å²) in [7, 11) is 1.54. The number of benzene rings is 2. The highest BCUT2D eigenvalue weighted by molar-refractivity contribution is 8.00. The predicted octanol–water partition coefficient (Wildman–Crippen LogP) is 10.0. The first-order chi connectivity index (χ1) is 27.0. The molecule has 4 aliphatic rings. The Balaban J connectivity index is 1.01. The predicted molar refractivity (Wildman–Crippen MR) is 219 cm³/mol. The zero-order chi connectivity index (χ0) is 39.2. The third-order valence-electron chi connectivity index (χ3n) is 10.5. The fourth-order valence-electron chi connectivity index (χ4n) is 7.67. The second-order valence-electron chi connectivity index (χ2n) is 14.1. The molecule has 2 aromatic heterocycles. The van der Waals surface area contributed by atoms with Crippen molar-refractivity contribution in [3.63, 3.8) is 0 Å². The summed E-state index contributed by atoms with van der Waals surface area (Å²) in [5, 5.41) is 12.6. The van der Waals surface area contributed by atoms with Crippen LogP contribution in [0.25, 0.3) is 0 Å². The third-order valence-corrected chi connectivity index (χ3v) is 14.1. The van der Waals surface area contributed by atoms with Crippen molar-refractivity contribution in [1.82, 2.24) is 9.97 Å². The minimum absolute atomic E-state index is 0.0453. The highest BCUT2D eigenvalue weighted by Crippen LogP contribution is 2.55. The van der Waals surface area contributed by atoms with E-state index in [-0.39, 0.29) is 46.9 Å². The molecule has 0 aliphatic carbocycles. The van der Waals surface area contributed by atoms with Gasteiger partial charge in [-0.15, -0.1) is 0 Å². The van der Waals surface area contributed by atoms with Crippen molar-refractivity contribution in [2.45, 2.75) is 74.6 Å². The summed E-state index contributed by atoms with van der Waals surface area (Å²) >= 11 is 29.2. The average molecular weight is 879 g/mol. The smallest absolute Gasteiger partial charge is 0.253 e. The lowest BCUT2D eigenvalue weighted by Gasteiger charge is -2.35. The summed E-state index contributed by atoms with van der Waals surface area (Å²) < 4.78 is 31.6. The third kappa shape index (κ3) is 7.69. The van der Waals surface area contributed by atoms with E-state index in [0.29, 0.717) is 104 Å². The lowest BCUT2D eigenvalue weighted by molar-refractivity contribution is -0.0908. The van der Waals surface area contributed by atoms with Crippen LogP contribution in [-0.4, -0.2) is 67.8 Å². The number of halogens is 4. The zero-order valence-electron chi connectivity index (χ0n) is 30.1. The maximum atomic E-state index is 14.2. The fraction of sp³-hybridized carbons (Fsp3) is 0.400. The van der Waals surface area contributed by atoms with Crippen LogP contribution in [0.4, 0.5) is 0 Å². The Bertz CT molecular complexity index is 2180. The molecule has 0 saturated carbocycles. The summed E-state index contributed by atoms with van der Waals surface area (Å²) in [6.07, 6.45) is 10.0. The van der Waals surface area contributed by atoms with Crippen molar-refractivity contribution in [2.75, 3.05) is 24.4 Å². The second-order valence-corrected chi connectivity index (χ2v) is 18.4. The van der Waals surface area contributed by atoms with Gasteiger partial charge in [-0.25, -0.2) is 0 Å². The summed E-state index contributed by atoms with van der Waals surface area (Å²) in [5.74, 6) is 1.61. The van der Waals surface area contributed by atoms with Gasteiger partial charge in [0.15, 0.2) is 34.6 Å². The molecule has 4 aromatic rings. The van der Waals surface area contributed by atoms with E-state index in [1.165, 1.54) is 24.8 Å². The van der Waals surface area contributed by atoms with Crippen LogP contribution in [0.2, 0.25) is 20.1 Å². The van der Waals surface area contributed by atoms with Crippen molar-refractivity contribution in [3.05, 3.63) is 90.9 Å². The minimum atomic E-state index is -0.998. The number of rotatable bonds is 11. The van der Waals surface area contributed by atoms with E-state index < -0.39 is 11.6 Å². The number of phenols is 1. The molecule has 6 heterocycles. The summed E-state index contributed by atoms with van der Waals surface area (Å²) in [6, 6.07) is 4.99. The molecule has 0 bridgehead atoms. The molecule has 0 radical (unpaired) electrons. The molecule has 56 heavy (non-hydrogen) atoms. The summed E-state index contributed by atoms with van der Waals surface area (Å²) in [6.45, 7) is 0. The number of aromatic hydroxyl groups is 1. The van der Waals surface area contributed by atoms with Gasteiger partial charge in [-0.05, 0) is 43.0 Å². The summed E-state index contributed by atoms with van der Waals surface area (Å²) in [4.78, 5) is 35.9. The number of methoxy groups -OCH3 is 1. The van der Waals surface area contributed by atoms with Crippen LogP contribution in [0.1, 0.15) is 75.9 Å². The Morgan fingerprint density at radius 2 is 1.39 bits per heavy atom. The molecular formula is C40H36Cl4N2O8S2. The number of thioether (sulfide) groups is 2. The monoisotopic (exact) mass is 876 g/mol. The average Bonchev–Trinajstić information content (AvgIpc) is 3.73. The molecule has 2 saturated heterocycles. The van der Waals surface area contributed by atoms with Gasteiger partial charge in [0.05, 0.1) is 38.3 Å². The van der Waals surface area contributed by atoms with Crippen LogP contribution in [-0.2, 0) is 19.3 Å². The van der Waals surface area contributed by atoms with E-state index in [1.54, 1.807) is 25.3 Å². The number of fused-ring (bicyclic) bond motifs is 2. The van der Waals surface area contributed by atoms with Crippen LogP contribution in [0, 0.1) is 0 Å². The van der Waals surface area contributed by atoms with Crippen molar-refractivity contribution in [2.24, 2.45) is 0 Å². The van der Waals surface area contributed by atoms with E-state index in [2.05, 4.69) is 9.97 Å². The van der Waals surface area contributed by atoms with Crippen LogP contribution in [0.5, 0.6) is 34.5 Å². The second kappa shape index (κ2) is 16.2. The van der Waals surface area contributed by atoms with Crippen LogP contribution in [0.3, 0.4) is 0 Å². The molecule has 2 unspecified atom stereocenters. The van der Waals surface area contributed by atoms with Crippen molar-refractivity contribution >= 4 is 81.5 Å². The van der Waals surface area contributed by atoms with E-state index in [1.807, 2.05) is 23.5 Å². The number of nitrogens with zero attached hydrogens (tertiary/aromatic N) is 2. The number of aryl methyl sites for hydroxylation is 1. The molecule has 0 amide bonds. The van der Waals surface area contributed by atoms with Gasteiger partial charge in [-0.3, -0.25) is 19.6 Å². The van der Waals surface area contributed by atoms with Gasteiger partial charge in [0.25, 0.3) is 11.6 Å². The first-order valence-corrected chi connectivity index (χ1v) is 21.9. The number of Topliss-reactive ketones (excluding diaryl/α,β-unsaturated/α-hetero) is 2. The van der Waals surface area contributed by atoms with Crippen LogP contribution in [0.15, 0.2) is 43.0 Å². The first kappa shape index (κ1) is 39.6. The van der Waals surface area contributed by atoms with E-state index in [9.17, 15) is 14.7 Å². The molecule has 294 valence electrons. The highest BCUT2D eigenvalue weighted by atomic mass is 35.5. The Kier molecular flexibility index (Phi) is 11.4. The van der Waals surface area contributed by atoms with Gasteiger partial charge in [0.2, 0.25) is 11.5 Å². The molecule has 10 nitrogen and oxygen atoms in total. The number of phenolic OH excluding ortho intramolecular Hbond substituents is 1. The van der Waals surface area contributed by atoms with Gasteiger partial charge >= 0.3 is 0 Å². The molecular weight excluding hydrogens is 842 g/mol. The summed E-state index contributed by atoms with van der Waals surface area (Å²) in [5.41, 5.74) is 2.31. The minimum Gasteiger partial charge on any atom is -0.504 e. The van der Waals surface area contributed by atoms with E-state index in [0.717, 1.165) is 23.7 Å². The number of hydrogen-bond donors (Lipinski definition) is 1. The fourth-order valence-corrected chi connectivity index (χ4v) is 11.2. The number of pyridine rings is 2. The number of ether oxygens (including phenoxy) is 5. The Labute approximate surface area is 352 Å². The van der Waals surface area contributed by atoms with Crippen molar-refractivity contribution < 1.29 is 38.4 Å². The Morgan fingerprint density at radius 1 is 0.804 bits per heavy atom. The van der Waals surface area contributed by atoms with Gasteiger partial charge in [-0.1, -0.05) is 46.4 Å². The number of aromatic nitrogens is 2. The van der Waals surface area contributed by atoms with E-state index in [4.69, 9.17) is 70.1 Å². The Morgan fingerprint density at radius 3 is 2.05 bits per heavy atom. The first-order valence-electron chi connectivity index (χ1n) is 18.2. The van der Waals surface area contributed by atoms with Crippen molar-refractivity contribution in [1.29, 1.82) is 0 Å². The number of hydrogen-bond acceptors (Lipinski definition) is 12. The van der Waals surface area contributed by atoms with Gasteiger partial charge in [0, 0.05) is 96.9 Å². The highest BCUT2D eigenvalue weighted by Gasteiger charge is 2.49. The van der Waals surface area contributed by atoms with Crippen molar-refractivity contribution in [3.8, 4) is 34.5 Å². The van der Waals surface area contributed by atoms with Gasteiger partial charge in [0.1, 0.15) is 0 Å².